The van der Waals surface area contributed by atoms with Gasteiger partial charge < -0.3 is 11.1 Å². The van der Waals surface area contributed by atoms with Gasteiger partial charge in [-0.3, -0.25) is 0 Å². The van der Waals surface area contributed by atoms with Crippen molar-refractivity contribution in [3.63, 3.8) is 0 Å². The third kappa shape index (κ3) is 5.33. The molecule has 0 aliphatic heterocycles. The van der Waals surface area contributed by atoms with Gasteiger partial charge in [0.2, 0.25) is 0 Å². The van der Waals surface area contributed by atoms with E-state index in [4.69, 9.17) is 5.73 Å². The summed E-state index contributed by atoms with van der Waals surface area (Å²) in [5, 5.41) is 3.61. The van der Waals surface area contributed by atoms with Crippen LogP contribution in [0.5, 0.6) is 0 Å². The molecule has 2 heteroatoms. The first kappa shape index (κ1) is 14.2. The molecule has 1 aromatic carbocycles. The largest absolute Gasteiger partial charge is 0.329 e. The highest BCUT2D eigenvalue weighted by Gasteiger charge is 2.19. The molecule has 0 heterocycles. The highest BCUT2D eigenvalue weighted by molar-refractivity contribution is 5.18. The molecular weight excluding hydrogens is 208 g/mol. The minimum atomic E-state index is 0.313. The Labute approximate surface area is 106 Å². The van der Waals surface area contributed by atoms with Crippen LogP contribution >= 0.6 is 0 Å². The van der Waals surface area contributed by atoms with E-state index in [9.17, 15) is 0 Å². The van der Waals surface area contributed by atoms with Gasteiger partial charge in [-0.05, 0) is 24.3 Å². The molecule has 0 aliphatic carbocycles. The maximum Gasteiger partial charge on any atom is 0.0294 e. The summed E-state index contributed by atoms with van der Waals surface area (Å²) in [6.07, 6.45) is 1.10. The van der Waals surface area contributed by atoms with Crippen LogP contribution in [-0.2, 0) is 0 Å². The number of rotatable bonds is 5. The van der Waals surface area contributed by atoms with Crippen molar-refractivity contribution in [2.24, 2.45) is 11.1 Å². The van der Waals surface area contributed by atoms with Gasteiger partial charge in [-0.15, -0.1) is 0 Å². The molecule has 1 rings (SSSR count). The quantitative estimate of drug-likeness (QED) is 0.821. The maximum absolute atomic E-state index is 5.84. The van der Waals surface area contributed by atoms with Gasteiger partial charge in [0.15, 0.2) is 0 Å². The van der Waals surface area contributed by atoms with Gasteiger partial charge in [0.05, 0.1) is 0 Å². The van der Waals surface area contributed by atoms with E-state index in [1.165, 1.54) is 5.56 Å². The summed E-state index contributed by atoms with van der Waals surface area (Å²) in [5.74, 6) is 0. The van der Waals surface area contributed by atoms with Crippen molar-refractivity contribution in [3.05, 3.63) is 35.9 Å². The van der Waals surface area contributed by atoms with Crippen LogP contribution in [0.15, 0.2) is 30.3 Å². The van der Waals surface area contributed by atoms with Crippen LogP contribution in [-0.4, -0.2) is 12.6 Å². The topological polar surface area (TPSA) is 38.0 Å². The van der Waals surface area contributed by atoms with Crippen LogP contribution in [0, 0.1) is 5.41 Å². The van der Waals surface area contributed by atoms with E-state index < -0.39 is 0 Å². The Hall–Kier alpha value is -0.860. The number of nitrogens with one attached hydrogen (secondary N) is 1. The smallest absolute Gasteiger partial charge is 0.0294 e. The van der Waals surface area contributed by atoms with E-state index in [1.54, 1.807) is 0 Å². The van der Waals surface area contributed by atoms with E-state index in [2.05, 4.69) is 57.3 Å². The zero-order chi connectivity index (χ0) is 12.9. The van der Waals surface area contributed by atoms with E-state index in [0.29, 0.717) is 24.0 Å². The van der Waals surface area contributed by atoms with Gasteiger partial charge >= 0.3 is 0 Å². The molecule has 0 amide bonds. The van der Waals surface area contributed by atoms with E-state index in [0.717, 1.165) is 6.42 Å². The molecule has 0 spiro atoms. The predicted molar refractivity (Wildman–Crippen MR) is 74.9 cm³/mol. The van der Waals surface area contributed by atoms with Crippen LogP contribution in [0.2, 0.25) is 0 Å². The van der Waals surface area contributed by atoms with Crippen molar-refractivity contribution in [2.75, 3.05) is 6.54 Å². The molecule has 0 radical (unpaired) electrons. The van der Waals surface area contributed by atoms with Crippen molar-refractivity contribution in [1.82, 2.24) is 5.32 Å². The second-order valence-corrected chi connectivity index (χ2v) is 6.00. The fraction of sp³-hybridized carbons (Fsp3) is 0.600. The Balaban J connectivity index is 2.57. The first-order valence-electron chi connectivity index (χ1n) is 6.43. The average Bonchev–Trinajstić information content (AvgIpc) is 2.27. The summed E-state index contributed by atoms with van der Waals surface area (Å²) in [4.78, 5) is 0. The molecule has 1 aromatic rings. The Morgan fingerprint density at radius 1 is 1.18 bits per heavy atom. The minimum absolute atomic E-state index is 0.313. The maximum atomic E-state index is 5.84. The fourth-order valence-electron chi connectivity index (χ4n) is 2.14. The fourth-order valence-corrected chi connectivity index (χ4v) is 2.14. The van der Waals surface area contributed by atoms with Gasteiger partial charge in [0, 0.05) is 18.6 Å². The molecule has 0 aliphatic rings. The van der Waals surface area contributed by atoms with Crippen LogP contribution in [0.25, 0.3) is 0 Å². The van der Waals surface area contributed by atoms with Crippen LogP contribution < -0.4 is 11.1 Å². The molecule has 0 saturated carbocycles. The van der Waals surface area contributed by atoms with Crippen molar-refractivity contribution in [1.29, 1.82) is 0 Å². The Morgan fingerprint density at radius 3 is 2.24 bits per heavy atom. The van der Waals surface area contributed by atoms with Gasteiger partial charge in [0.1, 0.15) is 0 Å². The minimum Gasteiger partial charge on any atom is -0.329 e. The molecule has 96 valence electrons. The molecule has 0 saturated heterocycles. The molecule has 3 N–H and O–H groups in total. The third-order valence-electron chi connectivity index (χ3n) is 2.93. The number of hydrogen-bond donors (Lipinski definition) is 2. The van der Waals surface area contributed by atoms with E-state index >= 15 is 0 Å². The van der Waals surface area contributed by atoms with Gasteiger partial charge in [-0.25, -0.2) is 0 Å². The van der Waals surface area contributed by atoms with Crippen molar-refractivity contribution < 1.29 is 0 Å². The van der Waals surface area contributed by atoms with Crippen molar-refractivity contribution in [2.45, 2.75) is 46.2 Å². The zero-order valence-corrected chi connectivity index (χ0v) is 11.5. The Kier molecular flexibility index (Phi) is 5.16. The molecule has 2 atom stereocenters. The lowest BCUT2D eigenvalue weighted by Crippen LogP contribution is -2.40. The highest BCUT2D eigenvalue weighted by Crippen LogP contribution is 2.22. The summed E-state index contributed by atoms with van der Waals surface area (Å²) < 4.78 is 0. The summed E-state index contributed by atoms with van der Waals surface area (Å²) >= 11 is 0. The van der Waals surface area contributed by atoms with E-state index in [-0.39, 0.29) is 0 Å². The zero-order valence-electron chi connectivity index (χ0n) is 11.5. The standard InChI is InChI=1S/C15H26N2/c1-12(13-8-6-5-7-9-13)17-14(11-16)10-15(2,3)4/h5-9,12,14,17H,10-11,16H2,1-4H3. The lowest BCUT2D eigenvalue weighted by atomic mass is 9.87. The second kappa shape index (κ2) is 6.18. The highest BCUT2D eigenvalue weighted by atomic mass is 15.0. The number of benzene rings is 1. The molecular formula is C15H26N2. The third-order valence-corrected chi connectivity index (χ3v) is 2.93. The SMILES string of the molecule is CC(NC(CN)CC(C)(C)C)c1ccccc1. The summed E-state index contributed by atoms with van der Waals surface area (Å²) in [6, 6.07) is 11.2. The average molecular weight is 234 g/mol. The first-order valence-corrected chi connectivity index (χ1v) is 6.43. The molecule has 0 fully saturated rings. The van der Waals surface area contributed by atoms with Gasteiger partial charge in [0.25, 0.3) is 0 Å². The van der Waals surface area contributed by atoms with Crippen molar-refractivity contribution >= 4 is 0 Å². The van der Waals surface area contributed by atoms with E-state index in [1.807, 2.05) is 6.07 Å². The lowest BCUT2D eigenvalue weighted by molar-refractivity contribution is 0.297. The predicted octanol–water partition coefficient (Wildman–Crippen LogP) is 3.10. The van der Waals surface area contributed by atoms with Gasteiger partial charge in [-0.1, -0.05) is 51.1 Å². The van der Waals surface area contributed by atoms with Crippen LogP contribution in [0.4, 0.5) is 0 Å². The van der Waals surface area contributed by atoms with Gasteiger partial charge in [-0.2, -0.15) is 0 Å². The van der Waals surface area contributed by atoms with Crippen LogP contribution in [0.1, 0.15) is 45.7 Å². The number of hydrogen-bond acceptors (Lipinski definition) is 2. The first-order chi connectivity index (χ1) is 7.92. The van der Waals surface area contributed by atoms with Crippen molar-refractivity contribution in [3.8, 4) is 0 Å². The summed E-state index contributed by atoms with van der Waals surface area (Å²) in [5.41, 5.74) is 7.48. The summed E-state index contributed by atoms with van der Waals surface area (Å²) in [7, 11) is 0. The lowest BCUT2D eigenvalue weighted by Gasteiger charge is -2.28. The molecule has 0 aromatic heterocycles. The molecule has 2 nitrogen and oxygen atoms in total. The normalized spacial score (nSPS) is 15.6. The summed E-state index contributed by atoms with van der Waals surface area (Å²) in [6.45, 7) is 9.65. The molecule has 2 unspecified atom stereocenters. The second-order valence-electron chi connectivity index (χ2n) is 6.00. The molecule has 0 bridgehead atoms. The number of nitrogens with two attached hydrogens (primary N) is 1. The van der Waals surface area contributed by atoms with Crippen LogP contribution in [0.3, 0.4) is 0 Å². The Bertz CT molecular complexity index is 313. The monoisotopic (exact) mass is 234 g/mol. The molecule has 17 heavy (non-hydrogen) atoms. The Morgan fingerprint density at radius 2 is 1.76 bits per heavy atom.